The van der Waals surface area contributed by atoms with E-state index in [0.29, 0.717) is 48.6 Å². The van der Waals surface area contributed by atoms with Crippen LogP contribution in [0.5, 0.6) is 0 Å². The number of halogens is 1. The Morgan fingerprint density at radius 2 is 1.97 bits per heavy atom. The van der Waals surface area contributed by atoms with E-state index in [0.717, 1.165) is 6.26 Å². The lowest BCUT2D eigenvalue weighted by Crippen LogP contribution is -2.33. The van der Waals surface area contributed by atoms with Crippen LogP contribution in [0.1, 0.15) is 48.5 Å². The zero-order valence-corrected chi connectivity index (χ0v) is 22.6. The standard InChI is InChI=1S/C25H30FN3O6S2/c1-4-16-15-20-21(24(30)27-2)22(17-9-11-18(26)12-10-17)35-25(20)28-23(16)29(36(3,31)32)13-5-7-19-8-6-14-37(19,33)34/h9-12,15,19H,4-8,13-14H2,1-3H3,(H,27,30). The fourth-order valence-electron chi connectivity index (χ4n) is 4.76. The van der Waals surface area contributed by atoms with Crippen molar-refractivity contribution in [2.75, 3.05) is 29.9 Å². The first-order valence-corrected chi connectivity index (χ1v) is 15.7. The number of nitrogens with one attached hydrogen (secondary N) is 1. The van der Waals surface area contributed by atoms with Crippen LogP contribution in [-0.2, 0) is 26.3 Å². The zero-order chi connectivity index (χ0) is 27.0. The predicted octanol–water partition coefficient (Wildman–Crippen LogP) is 3.68. The molecule has 9 nitrogen and oxygen atoms in total. The number of amides is 1. The summed E-state index contributed by atoms with van der Waals surface area (Å²) in [6, 6.07) is 7.17. The molecule has 1 unspecified atom stereocenters. The maximum atomic E-state index is 13.5. The molecule has 1 saturated heterocycles. The van der Waals surface area contributed by atoms with E-state index in [2.05, 4.69) is 10.3 Å². The SMILES string of the molecule is CCc1cc2c(C(=O)NC)c(-c3ccc(F)cc3)oc2nc1N(CCCC1CCCS1(=O)=O)S(C)(=O)=O. The summed E-state index contributed by atoms with van der Waals surface area (Å²) in [6.07, 6.45) is 3.44. The average molecular weight is 552 g/mol. The molecular formula is C25H30FN3O6S2. The summed E-state index contributed by atoms with van der Waals surface area (Å²) in [4.78, 5) is 17.4. The number of benzene rings is 1. The highest BCUT2D eigenvalue weighted by atomic mass is 32.2. The van der Waals surface area contributed by atoms with E-state index >= 15 is 0 Å². The lowest BCUT2D eigenvalue weighted by atomic mass is 10.0. The Hall–Kier alpha value is -2.99. The number of sulfone groups is 1. The molecule has 200 valence electrons. The van der Waals surface area contributed by atoms with Gasteiger partial charge in [0.25, 0.3) is 5.91 Å². The molecule has 1 amide bonds. The van der Waals surface area contributed by atoms with Gasteiger partial charge in [0, 0.05) is 19.2 Å². The Morgan fingerprint density at radius 1 is 1.27 bits per heavy atom. The largest absolute Gasteiger partial charge is 0.437 e. The summed E-state index contributed by atoms with van der Waals surface area (Å²) in [5.41, 5.74) is 1.34. The number of fused-ring (bicyclic) bond motifs is 1. The molecule has 1 aliphatic heterocycles. The molecule has 0 bridgehead atoms. The monoisotopic (exact) mass is 551 g/mol. The van der Waals surface area contributed by atoms with Crippen LogP contribution in [0.15, 0.2) is 34.7 Å². The molecule has 3 heterocycles. The topological polar surface area (TPSA) is 127 Å². The fourth-order valence-corrected chi connectivity index (χ4v) is 7.65. The van der Waals surface area contributed by atoms with E-state index < -0.39 is 36.8 Å². The number of hydrogen-bond donors (Lipinski definition) is 1. The number of carbonyl (C=O) groups excluding carboxylic acids is 1. The van der Waals surface area contributed by atoms with Gasteiger partial charge in [-0.1, -0.05) is 6.92 Å². The van der Waals surface area contributed by atoms with Gasteiger partial charge in [-0.2, -0.15) is 4.98 Å². The highest BCUT2D eigenvalue weighted by Crippen LogP contribution is 2.36. The number of nitrogens with zero attached hydrogens (tertiary/aromatic N) is 2. The van der Waals surface area contributed by atoms with Crippen molar-refractivity contribution in [1.82, 2.24) is 10.3 Å². The summed E-state index contributed by atoms with van der Waals surface area (Å²) < 4.78 is 70.6. The summed E-state index contributed by atoms with van der Waals surface area (Å²) >= 11 is 0. The molecule has 0 radical (unpaired) electrons. The highest BCUT2D eigenvalue weighted by Gasteiger charge is 2.32. The van der Waals surface area contributed by atoms with Gasteiger partial charge in [0.05, 0.1) is 28.2 Å². The molecule has 1 fully saturated rings. The maximum absolute atomic E-state index is 13.5. The van der Waals surface area contributed by atoms with E-state index in [4.69, 9.17) is 4.42 Å². The van der Waals surface area contributed by atoms with Crippen LogP contribution in [0.25, 0.3) is 22.4 Å². The molecular weight excluding hydrogens is 521 g/mol. The first-order chi connectivity index (χ1) is 17.5. The number of furan rings is 1. The first kappa shape index (κ1) is 27.1. The van der Waals surface area contributed by atoms with Gasteiger partial charge in [-0.05, 0) is 68.0 Å². The number of aryl methyl sites for hydroxylation is 1. The Balaban J connectivity index is 1.78. The number of carbonyl (C=O) groups is 1. The molecule has 3 aromatic rings. The molecule has 4 rings (SSSR count). The van der Waals surface area contributed by atoms with Crippen LogP contribution in [0.3, 0.4) is 0 Å². The van der Waals surface area contributed by atoms with Crippen LogP contribution >= 0.6 is 0 Å². The minimum atomic E-state index is -3.77. The van der Waals surface area contributed by atoms with Crippen molar-refractivity contribution in [1.29, 1.82) is 0 Å². The minimum Gasteiger partial charge on any atom is -0.437 e. The van der Waals surface area contributed by atoms with Crippen LogP contribution in [-0.4, -0.2) is 58.6 Å². The van der Waals surface area contributed by atoms with Crippen molar-refractivity contribution in [3.05, 3.63) is 47.3 Å². The molecule has 0 aliphatic carbocycles. The van der Waals surface area contributed by atoms with Gasteiger partial charge < -0.3 is 9.73 Å². The smallest absolute Gasteiger partial charge is 0.255 e. The molecule has 0 spiro atoms. The second kappa shape index (κ2) is 10.4. The Kier molecular flexibility index (Phi) is 7.61. The summed E-state index contributed by atoms with van der Waals surface area (Å²) in [5.74, 6) is -0.321. The molecule has 1 aliphatic rings. The van der Waals surface area contributed by atoms with E-state index in [1.54, 1.807) is 6.07 Å². The normalized spacial score (nSPS) is 17.2. The number of pyridine rings is 1. The molecule has 1 atom stereocenters. The fraction of sp³-hybridized carbons (Fsp3) is 0.440. The van der Waals surface area contributed by atoms with Crippen LogP contribution < -0.4 is 9.62 Å². The van der Waals surface area contributed by atoms with E-state index in [1.165, 1.54) is 35.6 Å². The molecule has 2 aromatic heterocycles. The second-order valence-electron chi connectivity index (χ2n) is 9.18. The Labute approximate surface area is 216 Å². The average Bonchev–Trinajstić information content (AvgIpc) is 3.38. The molecule has 1 aromatic carbocycles. The molecule has 37 heavy (non-hydrogen) atoms. The lowest BCUT2D eigenvalue weighted by molar-refractivity contribution is 0.0964. The van der Waals surface area contributed by atoms with Gasteiger partial charge in [-0.15, -0.1) is 0 Å². The number of aromatic nitrogens is 1. The van der Waals surface area contributed by atoms with Crippen molar-refractivity contribution in [3.63, 3.8) is 0 Å². The molecule has 12 heteroatoms. The van der Waals surface area contributed by atoms with Gasteiger partial charge in [-0.3, -0.25) is 9.10 Å². The van der Waals surface area contributed by atoms with Crippen molar-refractivity contribution in [2.24, 2.45) is 0 Å². The van der Waals surface area contributed by atoms with Gasteiger partial charge in [0.2, 0.25) is 15.7 Å². The maximum Gasteiger partial charge on any atom is 0.255 e. The number of sulfonamides is 1. The van der Waals surface area contributed by atoms with Gasteiger partial charge in [0.15, 0.2) is 9.84 Å². The van der Waals surface area contributed by atoms with Crippen LogP contribution in [0, 0.1) is 5.82 Å². The molecule has 1 N–H and O–H groups in total. The van der Waals surface area contributed by atoms with Crippen LogP contribution in [0.4, 0.5) is 10.2 Å². The van der Waals surface area contributed by atoms with Gasteiger partial charge >= 0.3 is 0 Å². The number of rotatable bonds is 9. The van der Waals surface area contributed by atoms with E-state index in [9.17, 15) is 26.0 Å². The summed E-state index contributed by atoms with van der Waals surface area (Å²) in [6.45, 7) is 1.91. The lowest BCUT2D eigenvalue weighted by Gasteiger charge is -2.24. The second-order valence-corrected chi connectivity index (χ2v) is 13.5. The third-order valence-corrected chi connectivity index (χ3v) is 10.2. The summed E-state index contributed by atoms with van der Waals surface area (Å²) in [5, 5.41) is 2.54. The zero-order valence-electron chi connectivity index (χ0n) is 21.0. The van der Waals surface area contributed by atoms with Gasteiger partial charge in [0.1, 0.15) is 17.4 Å². The third kappa shape index (κ3) is 5.49. The quantitative estimate of drug-likeness (QED) is 0.430. The van der Waals surface area contributed by atoms with Crippen molar-refractivity contribution in [3.8, 4) is 11.3 Å². The Bertz CT molecular complexity index is 1530. The van der Waals surface area contributed by atoms with Crippen molar-refractivity contribution in [2.45, 2.75) is 44.3 Å². The van der Waals surface area contributed by atoms with Crippen LogP contribution in [0.2, 0.25) is 0 Å². The van der Waals surface area contributed by atoms with Crippen molar-refractivity contribution >= 4 is 42.7 Å². The summed E-state index contributed by atoms with van der Waals surface area (Å²) in [7, 11) is -5.41. The highest BCUT2D eigenvalue weighted by molar-refractivity contribution is 7.92. The van der Waals surface area contributed by atoms with E-state index in [-0.39, 0.29) is 35.2 Å². The number of hydrogen-bond acceptors (Lipinski definition) is 7. The minimum absolute atomic E-state index is 0.0597. The molecule has 0 saturated carbocycles. The number of anilines is 1. The first-order valence-electron chi connectivity index (χ1n) is 12.1. The predicted molar refractivity (Wildman–Crippen MR) is 140 cm³/mol. The Morgan fingerprint density at radius 3 is 2.54 bits per heavy atom. The van der Waals surface area contributed by atoms with Crippen molar-refractivity contribution < 1.29 is 30.4 Å². The van der Waals surface area contributed by atoms with Gasteiger partial charge in [-0.25, -0.2) is 21.2 Å². The third-order valence-electron chi connectivity index (χ3n) is 6.67. The van der Waals surface area contributed by atoms with E-state index in [1.807, 2.05) is 6.92 Å².